The summed E-state index contributed by atoms with van der Waals surface area (Å²) in [5.74, 6) is 0.603. The highest BCUT2D eigenvalue weighted by Crippen LogP contribution is 2.32. The minimum absolute atomic E-state index is 0.0915. The Morgan fingerprint density at radius 3 is 2.86 bits per heavy atom. The van der Waals surface area contributed by atoms with Crippen molar-refractivity contribution in [2.24, 2.45) is 5.92 Å². The number of hydrogen-bond acceptors (Lipinski definition) is 3. The van der Waals surface area contributed by atoms with Gasteiger partial charge in [0.05, 0.1) is 6.10 Å². The molecule has 0 aromatic carbocycles. The summed E-state index contributed by atoms with van der Waals surface area (Å²) in [6, 6.07) is 0.624. The summed E-state index contributed by atoms with van der Waals surface area (Å²) in [4.78, 5) is 0. The molecule has 3 nitrogen and oxygen atoms in total. The Morgan fingerprint density at radius 1 is 1.21 bits per heavy atom. The number of rotatable bonds is 4. The van der Waals surface area contributed by atoms with Crippen LogP contribution in [0.3, 0.4) is 0 Å². The van der Waals surface area contributed by atoms with E-state index in [2.05, 4.69) is 10.6 Å². The van der Waals surface area contributed by atoms with Crippen molar-refractivity contribution in [1.29, 1.82) is 0 Å². The van der Waals surface area contributed by atoms with Crippen molar-refractivity contribution in [1.82, 2.24) is 10.6 Å². The van der Waals surface area contributed by atoms with Crippen LogP contribution in [-0.4, -0.2) is 36.9 Å². The Hall–Kier alpha value is -0.120. The zero-order valence-electron chi connectivity index (χ0n) is 8.84. The molecule has 3 heteroatoms. The molecule has 2 fully saturated rings. The highest BCUT2D eigenvalue weighted by atomic mass is 16.3. The Labute approximate surface area is 86.3 Å². The highest BCUT2D eigenvalue weighted by Gasteiger charge is 2.29. The monoisotopic (exact) mass is 198 g/mol. The molecular weight excluding hydrogens is 176 g/mol. The topological polar surface area (TPSA) is 44.3 Å². The first-order valence-corrected chi connectivity index (χ1v) is 5.98. The maximum Gasteiger partial charge on any atom is 0.0692 e. The van der Waals surface area contributed by atoms with E-state index in [0.717, 1.165) is 19.6 Å². The second-order valence-corrected chi connectivity index (χ2v) is 4.69. The molecule has 1 heterocycles. The van der Waals surface area contributed by atoms with Crippen LogP contribution in [0.1, 0.15) is 32.1 Å². The van der Waals surface area contributed by atoms with Gasteiger partial charge in [0.15, 0.2) is 0 Å². The average molecular weight is 198 g/mol. The van der Waals surface area contributed by atoms with Gasteiger partial charge in [0.25, 0.3) is 0 Å². The van der Waals surface area contributed by atoms with E-state index < -0.39 is 0 Å². The van der Waals surface area contributed by atoms with Crippen molar-refractivity contribution in [3.8, 4) is 0 Å². The lowest BCUT2D eigenvalue weighted by atomic mass is 10.1. The van der Waals surface area contributed by atoms with Gasteiger partial charge in [0.2, 0.25) is 0 Å². The summed E-state index contributed by atoms with van der Waals surface area (Å²) in [5.41, 5.74) is 0. The van der Waals surface area contributed by atoms with E-state index in [1.54, 1.807) is 0 Å². The molecule has 2 unspecified atom stereocenters. The van der Waals surface area contributed by atoms with E-state index in [9.17, 15) is 5.11 Å². The molecule has 3 N–H and O–H groups in total. The molecule has 0 amide bonds. The van der Waals surface area contributed by atoms with Gasteiger partial charge in [0.1, 0.15) is 0 Å². The summed E-state index contributed by atoms with van der Waals surface area (Å²) >= 11 is 0. The molecule has 1 saturated carbocycles. The van der Waals surface area contributed by atoms with E-state index in [4.69, 9.17) is 0 Å². The predicted octanol–water partition coefficient (Wildman–Crippen LogP) is 0.489. The third-order valence-corrected chi connectivity index (χ3v) is 3.36. The van der Waals surface area contributed by atoms with Gasteiger partial charge in [-0.2, -0.15) is 0 Å². The van der Waals surface area contributed by atoms with Crippen LogP contribution in [0.15, 0.2) is 0 Å². The standard InChI is InChI=1S/C11H22N2O/c14-11(9-3-4-9)8-13-10-2-1-6-12-7-5-10/h9-14H,1-8H2. The first kappa shape index (κ1) is 10.4. The molecule has 82 valence electrons. The van der Waals surface area contributed by atoms with Gasteiger partial charge in [-0.15, -0.1) is 0 Å². The molecule has 2 aliphatic rings. The second kappa shape index (κ2) is 5.10. The van der Waals surface area contributed by atoms with Crippen LogP contribution in [0.25, 0.3) is 0 Å². The quantitative estimate of drug-likeness (QED) is 0.616. The van der Waals surface area contributed by atoms with Crippen LogP contribution in [0.2, 0.25) is 0 Å². The van der Waals surface area contributed by atoms with E-state index >= 15 is 0 Å². The van der Waals surface area contributed by atoms with Gasteiger partial charge in [-0.3, -0.25) is 0 Å². The summed E-state index contributed by atoms with van der Waals surface area (Å²) in [7, 11) is 0. The van der Waals surface area contributed by atoms with Gasteiger partial charge in [0, 0.05) is 12.6 Å². The zero-order chi connectivity index (χ0) is 9.80. The predicted molar refractivity (Wildman–Crippen MR) is 57.2 cm³/mol. The fourth-order valence-electron chi connectivity index (χ4n) is 2.16. The maximum atomic E-state index is 9.71. The number of aliphatic hydroxyl groups excluding tert-OH is 1. The highest BCUT2D eigenvalue weighted by molar-refractivity contribution is 4.83. The largest absolute Gasteiger partial charge is 0.392 e. The van der Waals surface area contributed by atoms with Gasteiger partial charge < -0.3 is 15.7 Å². The van der Waals surface area contributed by atoms with Gasteiger partial charge in [-0.05, 0) is 51.1 Å². The van der Waals surface area contributed by atoms with Crippen LogP contribution in [0, 0.1) is 5.92 Å². The lowest BCUT2D eigenvalue weighted by molar-refractivity contribution is 0.143. The Kier molecular flexibility index (Phi) is 3.79. The van der Waals surface area contributed by atoms with Crippen LogP contribution in [0.4, 0.5) is 0 Å². The maximum absolute atomic E-state index is 9.71. The average Bonchev–Trinajstić information content (AvgIpc) is 3.01. The van der Waals surface area contributed by atoms with Crippen molar-refractivity contribution in [3.63, 3.8) is 0 Å². The lowest BCUT2D eigenvalue weighted by Gasteiger charge is -2.18. The van der Waals surface area contributed by atoms with Crippen molar-refractivity contribution >= 4 is 0 Å². The fourth-order valence-corrected chi connectivity index (χ4v) is 2.16. The lowest BCUT2D eigenvalue weighted by Crippen LogP contribution is -2.36. The minimum Gasteiger partial charge on any atom is -0.392 e. The Balaban J connectivity index is 1.62. The summed E-state index contributed by atoms with van der Waals surface area (Å²) in [6.07, 6.45) is 6.09. The molecule has 2 atom stereocenters. The van der Waals surface area contributed by atoms with E-state index in [0.29, 0.717) is 12.0 Å². The van der Waals surface area contributed by atoms with Gasteiger partial charge >= 0.3 is 0 Å². The van der Waals surface area contributed by atoms with Gasteiger partial charge in [-0.25, -0.2) is 0 Å². The molecule has 2 rings (SSSR count). The molecular formula is C11H22N2O. The van der Waals surface area contributed by atoms with Crippen molar-refractivity contribution in [2.45, 2.75) is 44.2 Å². The minimum atomic E-state index is -0.0915. The third kappa shape index (κ3) is 3.23. The van der Waals surface area contributed by atoms with E-state index in [1.165, 1.54) is 32.1 Å². The molecule has 1 aliphatic carbocycles. The van der Waals surface area contributed by atoms with E-state index in [1.807, 2.05) is 0 Å². The van der Waals surface area contributed by atoms with Crippen LogP contribution >= 0.6 is 0 Å². The van der Waals surface area contributed by atoms with Gasteiger partial charge in [-0.1, -0.05) is 0 Å². The van der Waals surface area contributed by atoms with Crippen molar-refractivity contribution in [3.05, 3.63) is 0 Å². The van der Waals surface area contributed by atoms with Crippen molar-refractivity contribution in [2.75, 3.05) is 19.6 Å². The molecule has 0 aromatic rings. The zero-order valence-corrected chi connectivity index (χ0v) is 8.84. The number of aliphatic hydroxyl groups is 1. The molecule has 0 aromatic heterocycles. The molecule has 1 saturated heterocycles. The van der Waals surface area contributed by atoms with Crippen LogP contribution in [0.5, 0.6) is 0 Å². The van der Waals surface area contributed by atoms with Crippen molar-refractivity contribution < 1.29 is 5.11 Å². The number of hydrogen-bond donors (Lipinski definition) is 3. The second-order valence-electron chi connectivity index (χ2n) is 4.69. The normalized spacial score (nSPS) is 31.1. The summed E-state index contributed by atoms with van der Waals surface area (Å²) < 4.78 is 0. The molecule has 0 spiro atoms. The Bertz CT molecular complexity index is 163. The third-order valence-electron chi connectivity index (χ3n) is 3.36. The van der Waals surface area contributed by atoms with Crippen LogP contribution in [-0.2, 0) is 0 Å². The van der Waals surface area contributed by atoms with E-state index in [-0.39, 0.29) is 6.10 Å². The molecule has 1 aliphatic heterocycles. The van der Waals surface area contributed by atoms with Crippen LogP contribution < -0.4 is 10.6 Å². The molecule has 0 radical (unpaired) electrons. The Morgan fingerprint density at radius 2 is 2.07 bits per heavy atom. The SMILES string of the molecule is OC(CNC1CCCNCC1)C1CC1. The molecule has 0 bridgehead atoms. The first-order chi connectivity index (χ1) is 6.86. The molecule has 14 heavy (non-hydrogen) atoms. The smallest absolute Gasteiger partial charge is 0.0692 e. The summed E-state index contributed by atoms with van der Waals surface area (Å²) in [6.45, 7) is 3.08. The summed E-state index contributed by atoms with van der Waals surface area (Å²) in [5, 5.41) is 16.6. The first-order valence-electron chi connectivity index (χ1n) is 5.98. The number of nitrogens with one attached hydrogen (secondary N) is 2. The fraction of sp³-hybridized carbons (Fsp3) is 1.00.